The number of aromatic hydroxyl groups is 1. The van der Waals surface area contributed by atoms with Crippen molar-refractivity contribution >= 4 is 34.0 Å². The van der Waals surface area contributed by atoms with Crippen LogP contribution in [0.3, 0.4) is 0 Å². The molecule has 2 aromatic carbocycles. The SMILES string of the molecule is O=C(N/N=C/c1cc(Br)ccc1O)C1CC(=O)N(Cc2ccccc2)C1. The van der Waals surface area contributed by atoms with Crippen molar-refractivity contribution in [3.05, 3.63) is 64.1 Å². The summed E-state index contributed by atoms with van der Waals surface area (Å²) in [5, 5.41) is 13.6. The Morgan fingerprint density at radius 3 is 2.85 bits per heavy atom. The van der Waals surface area contributed by atoms with Crippen molar-refractivity contribution in [1.82, 2.24) is 10.3 Å². The minimum absolute atomic E-state index is 0.0392. The van der Waals surface area contributed by atoms with Crippen LogP contribution in [-0.4, -0.2) is 34.6 Å². The molecule has 1 atom stereocenters. The van der Waals surface area contributed by atoms with E-state index in [0.717, 1.165) is 10.0 Å². The van der Waals surface area contributed by atoms with Crippen LogP contribution >= 0.6 is 15.9 Å². The monoisotopic (exact) mass is 415 g/mol. The largest absolute Gasteiger partial charge is 0.507 e. The van der Waals surface area contributed by atoms with Gasteiger partial charge < -0.3 is 10.0 Å². The van der Waals surface area contributed by atoms with E-state index in [1.807, 2.05) is 30.3 Å². The van der Waals surface area contributed by atoms with Crippen molar-refractivity contribution in [3.63, 3.8) is 0 Å². The third-order valence-corrected chi connectivity index (χ3v) is 4.66. The Balaban J connectivity index is 1.56. The number of nitrogens with one attached hydrogen (secondary N) is 1. The molecule has 0 bridgehead atoms. The summed E-state index contributed by atoms with van der Waals surface area (Å²) >= 11 is 3.31. The molecule has 2 N–H and O–H groups in total. The average Bonchev–Trinajstić information content (AvgIpc) is 2.99. The van der Waals surface area contributed by atoms with Crippen LogP contribution in [0.5, 0.6) is 5.75 Å². The van der Waals surface area contributed by atoms with E-state index in [1.165, 1.54) is 12.3 Å². The van der Waals surface area contributed by atoms with E-state index >= 15 is 0 Å². The van der Waals surface area contributed by atoms with E-state index in [9.17, 15) is 14.7 Å². The molecule has 134 valence electrons. The van der Waals surface area contributed by atoms with Gasteiger partial charge in [-0.25, -0.2) is 5.43 Å². The predicted octanol–water partition coefficient (Wildman–Crippen LogP) is 2.65. The summed E-state index contributed by atoms with van der Waals surface area (Å²) < 4.78 is 0.793. The van der Waals surface area contributed by atoms with Crippen molar-refractivity contribution in [3.8, 4) is 5.75 Å². The van der Waals surface area contributed by atoms with E-state index in [2.05, 4.69) is 26.5 Å². The first-order valence-corrected chi connectivity index (χ1v) is 8.95. The van der Waals surface area contributed by atoms with Crippen LogP contribution in [0.1, 0.15) is 17.5 Å². The summed E-state index contributed by atoms with van der Waals surface area (Å²) in [6.07, 6.45) is 1.55. The zero-order valence-electron chi connectivity index (χ0n) is 13.9. The lowest BCUT2D eigenvalue weighted by Gasteiger charge is -2.16. The number of carbonyl (C=O) groups excluding carboxylic acids is 2. The zero-order valence-corrected chi connectivity index (χ0v) is 15.5. The van der Waals surface area contributed by atoms with Gasteiger partial charge in [-0.15, -0.1) is 0 Å². The van der Waals surface area contributed by atoms with Crippen LogP contribution < -0.4 is 5.43 Å². The number of nitrogens with zero attached hydrogens (tertiary/aromatic N) is 2. The van der Waals surface area contributed by atoms with Gasteiger partial charge in [0.15, 0.2) is 0 Å². The number of phenols is 1. The molecule has 1 saturated heterocycles. The van der Waals surface area contributed by atoms with Crippen LogP contribution in [0.4, 0.5) is 0 Å². The Labute approximate surface area is 159 Å². The van der Waals surface area contributed by atoms with Crippen molar-refractivity contribution < 1.29 is 14.7 Å². The number of likely N-dealkylation sites (tertiary alicyclic amines) is 1. The maximum Gasteiger partial charge on any atom is 0.245 e. The summed E-state index contributed by atoms with van der Waals surface area (Å²) in [5.74, 6) is -0.710. The number of hydrogen-bond donors (Lipinski definition) is 2. The second-order valence-electron chi connectivity index (χ2n) is 6.10. The van der Waals surface area contributed by atoms with Gasteiger partial charge >= 0.3 is 0 Å². The van der Waals surface area contributed by atoms with E-state index in [-0.39, 0.29) is 24.0 Å². The molecule has 0 aromatic heterocycles. The van der Waals surface area contributed by atoms with Crippen molar-refractivity contribution in [1.29, 1.82) is 0 Å². The van der Waals surface area contributed by atoms with Crippen LogP contribution in [0.15, 0.2) is 58.1 Å². The predicted molar refractivity (Wildman–Crippen MR) is 102 cm³/mol. The summed E-state index contributed by atoms with van der Waals surface area (Å²) in [5.41, 5.74) is 3.96. The number of amides is 2. The fourth-order valence-corrected chi connectivity index (χ4v) is 3.17. The van der Waals surface area contributed by atoms with Gasteiger partial charge in [-0.1, -0.05) is 46.3 Å². The highest BCUT2D eigenvalue weighted by molar-refractivity contribution is 9.10. The molecule has 1 aliphatic rings. The van der Waals surface area contributed by atoms with Crippen molar-refractivity contribution in [2.75, 3.05) is 6.54 Å². The highest BCUT2D eigenvalue weighted by Gasteiger charge is 2.34. The molecular weight excluding hydrogens is 398 g/mol. The summed E-state index contributed by atoms with van der Waals surface area (Å²) in [6, 6.07) is 14.6. The minimum Gasteiger partial charge on any atom is -0.507 e. The molecule has 2 aromatic rings. The molecule has 0 saturated carbocycles. The zero-order chi connectivity index (χ0) is 18.5. The molecule has 0 radical (unpaired) electrons. The van der Waals surface area contributed by atoms with Crippen molar-refractivity contribution in [2.45, 2.75) is 13.0 Å². The third-order valence-electron chi connectivity index (χ3n) is 4.17. The fourth-order valence-electron chi connectivity index (χ4n) is 2.79. The molecule has 0 aliphatic carbocycles. The first-order valence-electron chi connectivity index (χ1n) is 8.16. The molecule has 1 heterocycles. The minimum atomic E-state index is -0.431. The highest BCUT2D eigenvalue weighted by Crippen LogP contribution is 2.21. The first-order chi connectivity index (χ1) is 12.5. The number of rotatable bonds is 5. The van der Waals surface area contributed by atoms with Gasteiger partial charge in [-0.3, -0.25) is 9.59 Å². The topological polar surface area (TPSA) is 82.0 Å². The van der Waals surface area contributed by atoms with E-state index in [4.69, 9.17) is 0 Å². The molecule has 1 unspecified atom stereocenters. The number of carbonyl (C=O) groups is 2. The summed E-state index contributed by atoms with van der Waals surface area (Å²) in [7, 11) is 0. The van der Waals surface area contributed by atoms with Crippen LogP contribution in [0.25, 0.3) is 0 Å². The smallest absolute Gasteiger partial charge is 0.245 e. The lowest BCUT2D eigenvalue weighted by atomic mass is 10.1. The lowest BCUT2D eigenvalue weighted by Crippen LogP contribution is -2.30. The fraction of sp³-hybridized carbons (Fsp3) is 0.211. The standard InChI is InChI=1S/C19H18BrN3O3/c20-16-6-7-17(24)14(8-16)10-21-22-19(26)15-9-18(25)23(12-15)11-13-4-2-1-3-5-13/h1-8,10,15,24H,9,11-12H2,(H,22,26)/b21-10+. The molecule has 2 amide bonds. The van der Waals surface area contributed by atoms with E-state index < -0.39 is 5.92 Å². The van der Waals surface area contributed by atoms with Crippen LogP contribution in [-0.2, 0) is 16.1 Å². The van der Waals surface area contributed by atoms with E-state index in [0.29, 0.717) is 18.7 Å². The number of phenolic OH excluding ortho intramolecular Hbond substituents is 1. The maximum absolute atomic E-state index is 12.3. The molecular formula is C19H18BrN3O3. The lowest BCUT2D eigenvalue weighted by molar-refractivity contribution is -0.129. The summed E-state index contributed by atoms with van der Waals surface area (Å²) in [4.78, 5) is 26.1. The van der Waals surface area contributed by atoms with Gasteiger partial charge in [0.05, 0.1) is 12.1 Å². The number of hydrazone groups is 1. The second-order valence-corrected chi connectivity index (χ2v) is 7.01. The van der Waals surface area contributed by atoms with Crippen molar-refractivity contribution in [2.24, 2.45) is 11.0 Å². The average molecular weight is 416 g/mol. The molecule has 1 aliphatic heterocycles. The van der Waals surface area contributed by atoms with Crippen LogP contribution in [0, 0.1) is 5.92 Å². The quantitative estimate of drug-likeness (QED) is 0.581. The molecule has 3 rings (SSSR count). The van der Waals surface area contributed by atoms with Gasteiger partial charge in [-0.05, 0) is 23.8 Å². The number of hydrogen-bond acceptors (Lipinski definition) is 4. The Morgan fingerprint density at radius 2 is 2.08 bits per heavy atom. The molecule has 6 nitrogen and oxygen atoms in total. The van der Waals surface area contributed by atoms with Crippen LogP contribution in [0.2, 0.25) is 0 Å². The number of benzene rings is 2. The highest BCUT2D eigenvalue weighted by atomic mass is 79.9. The molecule has 1 fully saturated rings. The van der Waals surface area contributed by atoms with Gasteiger partial charge in [0, 0.05) is 29.5 Å². The second kappa shape index (κ2) is 8.14. The number of halogens is 1. The summed E-state index contributed by atoms with van der Waals surface area (Å²) in [6.45, 7) is 0.871. The molecule has 7 heteroatoms. The van der Waals surface area contributed by atoms with Gasteiger partial charge in [-0.2, -0.15) is 5.10 Å². The van der Waals surface area contributed by atoms with Gasteiger partial charge in [0.1, 0.15) is 5.75 Å². The Hall–Kier alpha value is -2.67. The molecule has 0 spiro atoms. The first kappa shape index (κ1) is 18.1. The van der Waals surface area contributed by atoms with Gasteiger partial charge in [0.25, 0.3) is 0 Å². The van der Waals surface area contributed by atoms with Gasteiger partial charge in [0.2, 0.25) is 11.8 Å². The maximum atomic E-state index is 12.3. The molecule has 26 heavy (non-hydrogen) atoms. The normalized spacial score (nSPS) is 17.0. The Bertz CT molecular complexity index is 839. The Morgan fingerprint density at radius 1 is 1.31 bits per heavy atom. The third kappa shape index (κ3) is 4.49. The Kier molecular flexibility index (Phi) is 5.68. The van der Waals surface area contributed by atoms with E-state index in [1.54, 1.807) is 17.0 Å².